The average molecular weight is 231 g/mol. The van der Waals surface area contributed by atoms with Gasteiger partial charge in [-0.2, -0.15) is 0 Å². The van der Waals surface area contributed by atoms with E-state index in [0.717, 1.165) is 17.3 Å². The molecule has 0 aliphatic heterocycles. The van der Waals surface area contributed by atoms with Crippen molar-refractivity contribution in [2.24, 2.45) is 0 Å². The fourth-order valence-electron chi connectivity index (χ4n) is 1.73. The van der Waals surface area contributed by atoms with Crippen molar-refractivity contribution >= 4 is 0 Å². The number of aromatic nitrogens is 3. The lowest BCUT2D eigenvalue weighted by Gasteiger charge is -2.07. The Morgan fingerprint density at radius 2 is 2.24 bits per heavy atom. The SMILES string of the molecule is Cc1nc(COc2cccnc2)cn1C(C)C. The second-order valence-corrected chi connectivity index (χ2v) is 4.26. The van der Waals surface area contributed by atoms with Crippen LogP contribution in [0.15, 0.2) is 30.7 Å². The number of imidazole rings is 1. The van der Waals surface area contributed by atoms with Crippen LogP contribution in [0, 0.1) is 6.92 Å². The molecule has 0 N–H and O–H groups in total. The lowest BCUT2D eigenvalue weighted by Crippen LogP contribution is -2.00. The van der Waals surface area contributed by atoms with E-state index in [9.17, 15) is 0 Å². The molecule has 0 spiro atoms. The van der Waals surface area contributed by atoms with E-state index >= 15 is 0 Å². The second-order valence-electron chi connectivity index (χ2n) is 4.26. The maximum Gasteiger partial charge on any atom is 0.138 e. The molecule has 0 saturated carbocycles. The Labute approximate surface area is 101 Å². The molecule has 0 atom stereocenters. The van der Waals surface area contributed by atoms with Crippen LogP contribution in [-0.4, -0.2) is 14.5 Å². The lowest BCUT2D eigenvalue weighted by atomic mass is 10.4. The second kappa shape index (κ2) is 4.99. The zero-order valence-electron chi connectivity index (χ0n) is 10.4. The van der Waals surface area contributed by atoms with E-state index in [1.807, 2.05) is 25.3 Å². The zero-order chi connectivity index (χ0) is 12.3. The molecule has 2 aromatic rings. The number of aryl methyl sites for hydroxylation is 1. The van der Waals surface area contributed by atoms with E-state index < -0.39 is 0 Å². The van der Waals surface area contributed by atoms with E-state index in [2.05, 4.69) is 28.4 Å². The lowest BCUT2D eigenvalue weighted by molar-refractivity contribution is 0.300. The van der Waals surface area contributed by atoms with Crippen molar-refractivity contribution in [3.05, 3.63) is 42.2 Å². The Bertz CT molecular complexity index is 477. The average Bonchev–Trinajstić information content (AvgIpc) is 2.69. The largest absolute Gasteiger partial charge is 0.486 e. The Balaban J connectivity index is 2.02. The normalized spacial score (nSPS) is 10.8. The van der Waals surface area contributed by atoms with Gasteiger partial charge < -0.3 is 9.30 Å². The van der Waals surface area contributed by atoms with E-state index in [1.54, 1.807) is 12.4 Å². The molecule has 4 heteroatoms. The Hall–Kier alpha value is -1.84. The molecule has 0 aliphatic carbocycles. The summed E-state index contributed by atoms with van der Waals surface area (Å²) in [5.41, 5.74) is 0.944. The Morgan fingerprint density at radius 1 is 1.41 bits per heavy atom. The molecule has 0 aliphatic rings. The first-order valence-electron chi connectivity index (χ1n) is 5.74. The van der Waals surface area contributed by atoms with Crippen molar-refractivity contribution in [3.63, 3.8) is 0 Å². The molecule has 0 radical (unpaired) electrons. The first-order chi connectivity index (χ1) is 8.16. The van der Waals surface area contributed by atoms with Crippen LogP contribution >= 0.6 is 0 Å². The van der Waals surface area contributed by atoms with Gasteiger partial charge >= 0.3 is 0 Å². The molecular weight excluding hydrogens is 214 g/mol. The summed E-state index contributed by atoms with van der Waals surface area (Å²) in [5, 5.41) is 0. The van der Waals surface area contributed by atoms with Crippen LogP contribution in [0.3, 0.4) is 0 Å². The molecule has 2 heterocycles. The van der Waals surface area contributed by atoms with Crippen molar-refractivity contribution in [2.45, 2.75) is 33.4 Å². The van der Waals surface area contributed by atoms with Crippen LogP contribution in [0.2, 0.25) is 0 Å². The van der Waals surface area contributed by atoms with E-state index in [0.29, 0.717) is 12.6 Å². The maximum absolute atomic E-state index is 5.60. The number of nitrogens with zero attached hydrogens (tertiary/aromatic N) is 3. The molecule has 2 aromatic heterocycles. The number of rotatable bonds is 4. The number of pyridine rings is 1. The van der Waals surface area contributed by atoms with Crippen molar-refractivity contribution in [2.75, 3.05) is 0 Å². The van der Waals surface area contributed by atoms with Crippen LogP contribution in [0.4, 0.5) is 0 Å². The summed E-state index contributed by atoms with van der Waals surface area (Å²) in [6, 6.07) is 4.17. The number of hydrogen-bond acceptors (Lipinski definition) is 3. The Kier molecular flexibility index (Phi) is 3.42. The highest BCUT2D eigenvalue weighted by atomic mass is 16.5. The fraction of sp³-hybridized carbons (Fsp3) is 0.385. The molecule has 0 amide bonds. The van der Waals surface area contributed by atoms with Gasteiger partial charge in [0.1, 0.15) is 18.2 Å². The van der Waals surface area contributed by atoms with Crippen molar-refractivity contribution in [1.29, 1.82) is 0 Å². The van der Waals surface area contributed by atoms with Crippen LogP contribution in [0.5, 0.6) is 5.75 Å². The van der Waals surface area contributed by atoms with E-state index in [1.165, 1.54) is 0 Å². The molecule has 17 heavy (non-hydrogen) atoms. The quantitative estimate of drug-likeness (QED) is 0.812. The van der Waals surface area contributed by atoms with Gasteiger partial charge in [0.15, 0.2) is 0 Å². The summed E-state index contributed by atoms with van der Waals surface area (Å²) < 4.78 is 7.74. The number of ether oxygens (including phenoxy) is 1. The molecule has 0 bridgehead atoms. The molecule has 90 valence electrons. The highest BCUT2D eigenvalue weighted by molar-refractivity contribution is 5.16. The summed E-state index contributed by atoms with van der Waals surface area (Å²) in [6.45, 7) is 6.76. The van der Waals surface area contributed by atoms with Gasteiger partial charge in [0.05, 0.1) is 11.9 Å². The summed E-state index contributed by atoms with van der Waals surface area (Å²) in [7, 11) is 0. The molecule has 0 aromatic carbocycles. The third-order valence-corrected chi connectivity index (χ3v) is 2.54. The van der Waals surface area contributed by atoms with E-state index in [-0.39, 0.29) is 0 Å². The highest BCUT2D eigenvalue weighted by Gasteiger charge is 2.07. The predicted molar refractivity (Wildman–Crippen MR) is 65.9 cm³/mol. The smallest absolute Gasteiger partial charge is 0.138 e. The summed E-state index contributed by atoms with van der Waals surface area (Å²) in [5.74, 6) is 1.79. The third-order valence-electron chi connectivity index (χ3n) is 2.54. The van der Waals surface area contributed by atoms with Gasteiger partial charge in [-0.3, -0.25) is 4.98 Å². The van der Waals surface area contributed by atoms with Gasteiger partial charge in [-0.25, -0.2) is 4.98 Å². The van der Waals surface area contributed by atoms with Gasteiger partial charge in [0, 0.05) is 18.4 Å². The molecule has 0 unspecified atom stereocenters. The standard InChI is InChI=1S/C13H17N3O/c1-10(2)16-8-12(15-11(16)3)9-17-13-5-4-6-14-7-13/h4-8,10H,9H2,1-3H3. The number of hydrogen-bond donors (Lipinski definition) is 0. The van der Waals surface area contributed by atoms with Gasteiger partial charge in [-0.05, 0) is 32.9 Å². The monoisotopic (exact) mass is 231 g/mol. The minimum atomic E-state index is 0.426. The van der Waals surface area contributed by atoms with Gasteiger partial charge in [-0.1, -0.05) is 0 Å². The van der Waals surface area contributed by atoms with Crippen molar-refractivity contribution in [3.8, 4) is 5.75 Å². The van der Waals surface area contributed by atoms with Crippen LogP contribution in [-0.2, 0) is 6.61 Å². The molecule has 2 rings (SSSR count). The summed E-state index contributed by atoms with van der Waals surface area (Å²) >= 11 is 0. The van der Waals surface area contributed by atoms with Crippen molar-refractivity contribution in [1.82, 2.24) is 14.5 Å². The van der Waals surface area contributed by atoms with Crippen LogP contribution in [0.1, 0.15) is 31.4 Å². The van der Waals surface area contributed by atoms with Gasteiger partial charge in [0.2, 0.25) is 0 Å². The first kappa shape index (κ1) is 11.6. The molecule has 0 saturated heterocycles. The molecule has 0 fully saturated rings. The summed E-state index contributed by atoms with van der Waals surface area (Å²) in [6.07, 6.45) is 5.47. The van der Waals surface area contributed by atoms with Crippen molar-refractivity contribution < 1.29 is 4.74 Å². The topological polar surface area (TPSA) is 39.9 Å². The molecular formula is C13H17N3O. The highest BCUT2D eigenvalue weighted by Crippen LogP contribution is 2.13. The maximum atomic E-state index is 5.60. The van der Waals surface area contributed by atoms with Gasteiger partial charge in [0.25, 0.3) is 0 Å². The first-order valence-corrected chi connectivity index (χ1v) is 5.74. The van der Waals surface area contributed by atoms with Crippen LogP contribution in [0.25, 0.3) is 0 Å². The third kappa shape index (κ3) is 2.84. The fourth-order valence-corrected chi connectivity index (χ4v) is 1.73. The molecule has 4 nitrogen and oxygen atoms in total. The Morgan fingerprint density at radius 3 is 2.82 bits per heavy atom. The minimum absolute atomic E-state index is 0.426. The zero-order valence-corrected chi connectivity index (χ0v) is 10.4. The van der Waals surface area contributed by atoms with Crippen LogP contribution < -0.4 is 4.74 Å². The van der Waals surface area contributed by atoms with Gasteiger partial charge in [-0.15, -0.1) is 0 Å². The predicted octanol–water partition coefficient (Wildman–Crippen LogP) is 2.75. The van der Waals surface area contributed by atoms with E-state index in [4.69, 9.17) is 4.74 Å². The summed E-state index contributed by atoms with van der Waals surface area (Å²) in [4.78, 5) is 8.46. The minimum Gasteiger partial charge on any atom is -0.486 e.